The van der Waals surface area contributed by atoms with Crippen molar-refractivity contribution < 1.29 is 0 Å². The molecule has 7 nitrogen and oxygen atoms in total. The van der Waals surface area contributed by atoms with Gasteiger partial charge in [-0.05, 0) is 43.5 Å². The van der Waals surface area contributed by atoms with Crippen molar-refractivity contribution in [1.29, 1.82) is 0 Å². The van der Waals surface area contributed by atoms with Gasteiger partial charge >= 0.3 is 0 Å². The Balaban J connectivity index is 1.21. The molecule has 8 heteroatoms. The van der Waals surface area contributed by atoms with Crippen LogP contribution in [0, 0.1) is 6.92 Å². The van der Waals surface area contributed by atoms with Gasteiger partial charge in [0.1, 0.15) is 16.3 Å². The van der Waals surface area contributed by atoms with Gasteiger partial charge in [0.2, 0.25) is 10.8 Å². The van der Waals surface area contributed by atoms with Crippen LogP contribution in [0.5, 0.6) is 0 Å². The molecule has 1 aliphatic heterocycles. The van der Waals surface area contributed by atoms with Gasteiger partial charge < -0.3 is 4.90 Å². The highest BCUT2D eigenvalue weighted by atomic mass is 32.1. The molecule has 1 fully saturated rings. The fraction of sp³-hybridized carbons (Fsp3) is 0.304. The molecule has 1 saturated heterocycles. The van der Waals surface area contributed by atoms with E-state index in [0.29, 0.717) is 5.92 Å². The Labute approximate surface area is 184 Å². The summed E-state index contributed by atoms with van der Waals surface area (Å²) in [7, 11) is 0. The molecule has 0 bridgehead atoms. The molecule has 0 amide bonds. The van der Waals surface area contributed by atoms with E-state index in [4.69, 9.17) is 5.10 Å². The lowest BCUT2D eigenvalue weighted by molar-refractivity contribution is 0.338. The van der Waals surface area contributed by atoms with Crippen LogP contribution in [-0.4, -0.2) is 53.7 Å². The van der Waals surface area contributed by atoms with Crippen molar-refractivity contribution in [2.24, 2.45) is 0 Å². The number of likely N-dealkylation sites (tertiary alicyclic amines) is 1. The van der Waals surface area contributed by atoms with Crippen LogP contribution in [0.3, 0.4) is 0 Å². The highest BCUT2D eigenvalue weighted by Crippen LogP contribution is 2.28. The van der Waals surface area contributed by atoms with Crippen molar-refractivity contribution in [1.82, 2.24) is 34.1 Å². The van der Waals surface area contributed by atoms with E-state index in [1.807, 2.05) is 35.8 Å². The molecule has 6 rings (SSSR count). The molecular formula is C23H23N7S. The molecule has 0 unspecified atom stereocenters. The molecule has 1 aromatic carbocycles. The Kier molecular flexibility index (Phi) is 4.54. The largest absolute Gasteiger partial charge is 0.302 e. The molecule has 31 heavy (non-hydrogen) atoms. The zero-order chi connectivity index (χ0) is 20.8. The second kappa shape index (κ2) is 7.55. The monoisotopic (exact) mass is 429 g/mol. The third-order valence-electron chi connectivity index (χ3n) is 6.13. The molecule has 1 aliphatic rings. The number of nitrogens with zero attached hydrogens (tertiary/aromatic N) is 7. The summed E-state index contributed by atoms with van der Waals surface area (Å²) in [6.07, 6.45) is 4.17. The average Bonchev–Trinajstić information content (AvgIpc) is 3.55. The normalized spacial score (nSPS) is 17.3. The van der Waals surface area contributed by atoms with Gasteiger partial charge in [-0.2, -0.15) is 9.61 Å². The first kappa shape index (κ1) is 18.7. The van der Waals surface area contributed by atoms with E-state index >= 15 is 0 Å². The number of benzene rings is 1. The van der Waals surface area contributed by atoms with Gasteiger partial charge in [0.25, 0.3) is 0 Å². The van der Waals surface area contributed by atoms with Crippen molar-refractivity contribution in [3.63, 3.8) is 0 Å². The zero-order valence-corrected chi connectivity index (χ0v) is 18.2. The third kappa shape index (κ3) is 3.32. The number of imidazole rings is 1. The predicted octanol–water partition coefficient (Wildman–Crippen LogP) is 3.84. The van der Waals surface area contributed by atoms with E-state index in [2.05, 4.69) is 54.8 Å². The SMILES string of the molecule is Cc1nc2ccccn2c1-c1nnc2sc(CCN3CC[C@H](c4ccccc4)C3)nn12. The molecule has 1 atom stereocenters. The summed E-state index contributed by atoms with van der Waals surface area (Å²) >= 11 is 1.63. The minimum absolute atomic E-state index is 0.642. The van der Waals surface area contributed by atoms with Crippen LogP contribution in [0.25, 0.3) is 22.1 Å². The maximum atomic E-state index is 4.86. The smallest absolute Gasteiger partial charge is 0.235 e. The van der Waals surface area contributed by atoms with E-state index in [9.17, 15) is 0 Å². The number of aromatic nitrogens is 6. The van der Waals surface area contributed by atoms with Gasteiger partial charge in [-0.3, -0.25) is 4.40 Å². The first-order chi connectivity index (χ1) is 15.3. The molecule has 0 spiro atoms. The lowest BCUT2D eigenvalue weighted by atomic mass is 9.99. The quantitative estimate of drug-likeness (QED) is 0.425. The summed E-state index contributed by atoms with van der Waals surface area (Å²) < 4.78 is 3.93. The number of pyridine rings is 1. The Morgan fingerprint density at radius 1 is 1.06 bits per heavy atom. The first-order valence-electron chi connectivity index (χ1n) is 10.7. The highest BCUT2D eigenvalue weighted by molar-refractivity contribution is 7.16. The minimum atomic E-state index is 0.642. The number of rotatable bonds is 5. The molecule has 0 saturated carbocycles. The topological polar surface area (TPSA) is 63.6 Å². The zero-order valence-electron chi connectivity index (χ0n) is 17.3. The van der Waals surface area contributed by atoms with E-state index < -0.39 is 0 Å². The first-order valence-corrected chi connectivity index (χ1v) is 11.5. The van der Waals surface area contributed by atoms with Crippen LogP contribution in [0.1, 0.15) is 28.6 Å². The number of hydrogen-bond donors (Lipinski definition) is 0. The van der Waals surface area contributed by atoms with E-state index in [0.717, 1.165) is 58.9 Å². The Bertz CT molecular complexity index is 1350. The van der Waals surface area contributed by atoms with Gasteiger partial charge in [-0.25, -0.2) is 4.98 Å². The maximum Gasteiger partial charge on any atom is 0.235 e. The fourth-order valence-corrected chi connectivity index (χ4v) is 5.40. The lowest BCUT2D eigenvalue weighted by Crippen LogP contribution is -2.23. The average molecular weight is 430 g/mol. The number of hydrogen-bond acceptors (Lipinski definition) is 6. The van der Waals surface area contributed by atoms with Crippen LogP contribution in [0.15, 0.2) is 54.7 Å². The summed E-state index contributed by atoms with van der Waals surface area (Å²) in [5, 5.41) is 14.8. The van der Waals surface area contributed by atoms with Crippen molar-refractivity contribution in [3.8, 4) is 11.5 Å². The second-order valence-corrected chi connectivity index (χ2v) is 9.18. The second-order valence-electron chi connectivity index (χ2n) is 8.14. The summed E-state index contributed by atoms with van der Waals surface area (Å²) in [6, 6.07) is 16.9. The van der Waals surface area contributed by atoms with Crippen LogP contribution in [-0.2, 0) is 6.42 Å². The van der Waals surface area contributed by atoms with Crippen molar-refractivity contribution in [3.05, 3.63) is 71.0 Å². The van der Waals surface area contributed by atoms with Crippen LogP contribution < -0.4 is 0 Å². The van der Waals surface area contributed by atoms with E-state index in [1.165, 1.54) is 12.0 Å². The molecule has 156 valence electrons. The van der Waals surface area contributed by atoms with Crippen molar-refractivity contribution >= 4 is 21.9 Å². The van der Waals surface area contributed by atoms with E-state index in [-0.39, 0.29) is 0 Å². The van der Waals surface area contributed by atoms with Gasteiger partial charge in [0, 0.05) is 25.7 Å². The predicted molar refractivity (Wildman–Crippen MR) is 122 cm³/mol. The summed E-state index contributed by atoms with van der Waals surface area (Å²) in [5.74, 6) is 1.39. The van der Waals surface area contributed by atoms with Crippen molar-refractivity contribution in [2.75, 3.05) is 19.6 Å². The maximum absolute atomic E-state index is 4.86. The molecule has 4 aromatic heterocycles. The summed E-state index contributed by atoms with van der Waals surface area (Å²) in [4.78, 5) is 8.04. The highest BCUT2D eigenvalue weighted by Gasteiger charge is 2.24. The van der Waals surface area contributed by atoms with Crippen LogP contribution >= 0.6 is 11.3 Å². The summed E-state index contributed by atoms with van der Waals surface area (Å²) in [5.41, 5.74) is 4.24. The molecule has 5 aromatic rings. The van der Waals surface area contributed by atoms with Gasteiger partial charge in [0.15, 0.2) is 0 Å². The molecule has 0 radical (unpaired) electrons. The fourth-order valence-electron chi connectivity index (χ4n) is 4.57. The Morgan fingerprint density at radius 3 is 2.84 bits per heavy atom. The van der Waals surface area contributed by atoms with Crippen LogP contribution in [0.4, 0.5) is 0 Å². The summed E-state index contributed by atoms with van der Waals surface area (Å²) in [6.45, 7) is 5.31. The molecule has 0 N–H and O–H groups in total. The Morgan fingerprint density at radius 2 is 1.94 bits per heavy atom. The number of fused-ring (bicyclic) bond motifs is 2. The van der Waals surface area contributed by atoms with Gasteiger partial charge in [-0.1, -0.05) is 47.7 Å². The molecule has 5 heterocycles. The van der Waals surface area contributed by atoms with E-state index in [1.54, 1.807) is 11.3 Å². The molecule has 0 aliphatic carbocycles. The number of aryl methyl sites for hydroxylation is 1. The van der Waals surface area contributed by atoms with Gasteiger partial charge in [0.05, 0.1) is 5.69 Å². The standard InChI is InChI=1S/C23H23N7S/c1-16-21(29-12-6-5-9-19(29)24-16)22-25-26-23-30(22)27-20(31-23)11-14-28-13-10-18(15-28)17-7-3-2-4-8-17/h2-9,12,18H,10-11,13-15H2,1H3/t18-/m0/s1. The minimum Gasteiger partial charge on any atom is -0.302 e. The van der Waals surface area contributed by atoms with Crippen LogP contribution in [0.2, 0.25) is 0 Å². The Hall–Kier alpha value is -3.10. The van der Waals surface area contributed by atoms with Gasteiger partial charge in [-0.15, -0.1) is 10.2 Å². The lowest BCUT2D eigenvalue weighted by Gasteiger charge is -2.15. The molecular weight excluding hydrogens is 406 g/mol. The van der Waals surface area contributed by atoms with Crippen molar-refractivity contribution in [2.45, 2.75) is 25.7 Å². The third-order valence-corrected chi connectivity index (χ3v) is 7.09.